The maximum absolute atomic E-state index is 15.3. The summed E-state index contributed by atoms with van der Waals surface area (Å²) in [5, 5.41) is 1.01. The van der Waals surface area contributed by atoms with Crippen molar-refractivity contribution in [1.82, 2.24) is 9.88 Å². The fourth-order valence-electron chi connectivity index (χ4n) is 5.34. The molecule has 5 rings (SSSR count). The Bertz CT molecular complexity index is 1150. The molecule has 0 unspecified atom stereocenters. The summed E-state index contributed by atoms with van der Waals surface area (Å²) in [5.74, 6) is -4.04. The molecule has 0 spiro atoms. The van der Waals surface area contributed by atoms with Crippen molar-refractivity contribution >= 4 is 17.0 Å². The fraction of sp³-hybridized carbons (Fsp3) is 0.360. The van der Waals surface area contributed by atoms with Crippen molar-refractivity contribution in [2.24, 2.45) is 0 Å². The lowest BCUT2D eigenvalue weighted by molar-refractivity contribution is -0.139. The number of para-hydroxylation sites is 1. The molecule has 2 aliphatic rings. The van der Waals surface area contributed by atoms with Gasteiger partial charge in [0.1, 0.15) is 11.6 Å². The molecule has 0 radical (unpaired) electrons. The SMILES string of the molecule is C/C=C/c1cc(F)c([C@H]2c3[nH]c4ccccc4c3C[C@H](C)N2C2CC(F)(F)C2)c(F)c1. The Hall–Kier alpha value is -2.60. The Kier molecular flexibility index (Phi) is 4.74. The Labute approximate surface area is 178 Å². The zero-order valence-corrected chi connectivity index (χ0v) is 17.4. The number of H-pyrrole nitrogens is 1. The molecular formula is C25H24F4N2. The summed E-state index contributed by atoms with van der Waals surface area (Å²) in [5.41, 5.74) is 2.95. The van der Waals surface area contributed by atoms with Crippen molar-refractivity contribution in [3.63, 3.8) is 0 Å². The smallest absolute Gasteiger partial charge is 0.251 e. The normalized spacial score (nSPS) is 23.9. The van der Waals surface area contributed by atoms with E-state index < -0.39 is 29.6 Å². The van der Waals surface area contributed by atoms with Gasteiger partial charge in [0.25, 0.3) is 5.92 Å². The standard InChI is InChI=1S/C25H24F4N2/c1-3-6-15-10-19(26)22(20(27)11-15)24-23-18(17-7-4-5-8-21(17)30-23)9-14(2)31(24)16-12-25(28,29)13-16/h3-8,10-11,14,16,24,30H,9,12-13H2,1-2H3/b6-3+/t14-,24-/m0/s1. The minimum absolute atomic E-state index is 0.0807. The van der Waals surface area contributed by atoms with E-state index in [0.717, 1.165) is 16.5 Å². The molecule has 2 atom stereocenters. The van der Waals surface area contributed by atoms with E-state index in [2.05, 4.69) is 4.98 Å². The van der Waals surface area contributed by atoms with Gasteiger partial charge >= 0.3 is 0 Å². The van der Waals surface area contributed by atoms with Crippen LogP contribution >= 0.6 is 0 Å². The highest BCUT2D eigenvalue weighted by Gasteiger charge is 2.52. The summed E-state index contributed by atoms with van der Waals surface area (Å²) >= 11 is 0. The molecule has 1 saturated carbocycles. The van der Waals surface area contributed by atoms with E-state index in [4.69, 9.17) is 0 Å². The molecule has 0 saturated heterocycles. The zero-order valence-electron chi connectivity index (χ0n) is 17.4. The van der Waals surface area contributed by atoms with Crippen LogP contribution in [-0.2, 0) is 6.42 Å². The van der Waals surface area contributed by atoms with Crippen LogP contribution in [0.5, 0.6) is 0 Å². The Morgan fingerprint density at radius 2 is 1.77 bits per heavy atom. The van der Waals surface area contributed by atoms with Crippen LogP contribution < -0.4 is 0 Å². The molecular weight excluding hydrogens is 404 g/mol. The maximum atomic E-state index is 15.3. The highest BCUT2D eigenvalue weighted by atomic mass is 19.3. The third-order valence-electron chi connectivity index (χ3n) is 6.65. The average Bonchev–Trinajstić information content (AvgIpc) is 3.04. The molecule has 162 valence electrons. The number of fused-ring (bicyclic) bond motifs is 3. The van der Waals surface area contributed by atoms with Crippen molar-refractivity contribution in [3.8, 4) is 0 Å². The number of nitrogens with one attached hydrogen (secondary N) is 1. The predicted molar refractivity (Wildman–Crippen MR) is 114 cm³/mol. The van der Waals surface area contributed by atoms with Gasteiger partial charge < -0.3 is 4.98 Å². The fourth-order valence-corrected chi connectivity index (χ4v) is 5.34. The molecule has 2 aromatic carbocycles. The van der Waals surface area contributed by atoms with Gasteiger partial charge in [0.2, 0.25) is 0 Å². The molecule has 31 heavy (non-hydrogen) atoms. The number of alkyl halides is 2. The third-order valence-corrected chi connectivity index (χ3v) is 6.65. The molecule has 0 amide bonds. The van der Waals surface area contributed by atoms with Crippen LogP contribution in [0.15, 0.2) is 42.5 Å². The number of aromatic amines is 1. The van der Waals surface area contributed by atoms with Gasteiger partial charge in [-0.05, 0) is 49.6 Å². The van der Waals surface area contributed by atoms with Crippen LogP contribution in [0.1, 0.15) is 55.1 Å². The quantitative estimate of drug-likeness (QED) is 0.465. The second-order valence-electron chi connectivity index (χ2n) is 8.78. The summed E-state index contributed by atoms with van der Waals surface area (Å²) in [6.07, 6.45) is 3.41. The lowest BCUT2D eigenvalue weighted by Gasteiger charge is -2.51. The largest absolute Gasteiger partial charge is 0.357 e. The van der Waals surface area contributed by atoms with Crippen molar-refractivity contribution in [1.29, 1.82) is 0 Å². The number of hydrogen-bond donors (Lipinski definition) is 1. The van der Waals surface area contributed by atoms with Gasteiger partial charge in [-0.3, -0.25) is 4.90 Å². The van der Waals surface area contributed by atoms with Gasteiger partial charge in [-0.2, -0.15) is 0 Å². The summed E-state index contributed by atoms with van der Waals surface area (Å²) in [6, 6.07) is 9.04. The minimum Gasteiger partial charge on any atom is -0.357 e. The molecule has 1 aromatic heterocycles. The number of aromatic nitrogens is 1. The lowest BCUT2D eigenvalue weighted by atomic mass is 9.80. The Balaban J connectivity index is 1.71. The maximum Gasteiger partial charge on any atom is 0.251 e. The number of rotatable bonds is 3. The first-order chi connectivity index (χ1) is 14.8. The van der Waals surface area contributed by atoms with E-state index >= 15 is 8.78 Å². The minimum atomic E-state index is -2.72. The third kappa shape index (κ3) is 3.28. The number of hydrogen-bond acceptors (Lipinski definition) is 1. The first-order valence-corrected chi connectivity index (χ1v) is 10.7. The van der Waals surface area contributed by atoms with Crippen LogP contribution in [0.25, 0.3) is 17.0 Å². The summed E-state index contributed by atoms with van der Waals surface area (Å²) in [7, 11) is 0. The molecule has 2 nitrogen and oxygen atoms in total. The predicted octanol–water partition coefficient (Wildman–Crippen LogP) is 6.61. The van der Waals surface area contributed by atoms with Crippen molar-refractivity contribution in [2.75, 3.05) is 0 Å². The Morgan fingerprint density at radius 1 is 1.10 bits per heavy atom. The number of halogens is 4. The van der Waals surface area contributed by atoms with E-state index in [1.807, 2.05) is 36.1 Å². The van der Waals surface area contributed by atoms with E-state index in [0.29, 0.717) is 17.7 Å². The molecule has 2 heterocycles. The van der Waals surface area contributed by atoms with Gasteiger partial charge in [0.15, 0.2) is 0 Å². The van der Waals surface area contributed by atoms with Gasteiger partial charge in [-0.15, -0.1) is 0 Å². The highest BCUT2D eigenvalue weighted by molar-refractivity contribution is 5.85. The summed E-state index contributed by atoms with van der Waals surface area (Å²) < 4.78 is 58.2. The van der Waals surface area contributed by atoms with E-state index in [1.54, 1.807) is 19.1 Å². The molecule has 3 aromatic rings. The lowest BCUT2D eigenvalue weighted by Crippen LogP contribution is -2.57. The van der Waals surface area contributed by atoms with Crippen molar-refractivity contribution in [3.05, 3.63) is 76.5 Å². The molecule has 1 fully saturated rings. The molecule has 0 bridgehead atoms. The van der Waals surface area contributed by atoms with E-state index in [9.17, 15) is 8.78 Å². The van der Waals surface area contributed by atoms with Crippen LogP contribution in [0.3, 0.4) is 0 Å². The average molecular weight is 428 g/mol. The van der Waals surface area contributed by atoms with Gasteiger partial charge in [0.05, 0.1) is 6.04 Å². The molecule has 1 aliphatic heterocycles. The zero-order chi connectivity index (χ0) is 21.9. The topological polar surface area (TPSA) is 19.0 Å². The number of nitrogens with zero attached hydrogens (tertiary/aromatic N) is 1. The molecule has 1 aliphatic carbocycles. The summed E-state index contributed by atoms with van der Waals surface area (Å²) in [6.45, 7) is 3.74. The second-order valence-corrected chi connectivity index (χ2v) is 8.78. The highest BCUT2D eigenvalue weighted by Crippen LogP contribution is 2.49. The summed E-state index contributed by atoms with van der Waals surface area (Å²) in [4.78, 5) is 5.25. The van der Waals surface area contributed by atoms with Gasteiger partial charge in [-0.25, -0.2) is 17.6 Å². The van der Waals surface area contributed by atoms with E-state index in [1.165, 1.54) is 12.1 Å². The van der Waals surface area contributed by atoms with Crippen molar-refractivity contribution in [2.45, 2.75) is 57.2 Å². The second kappa shape index (κ2) is 7.23. The van der Waals surface area contributed by atoms with E-state index in [-0.39, 0.29) is 24.4 Å². The van der Waals surface area contributed by atoms with Crippen LogP contribution in [0.2, 0.25) is 0 Å². The number of allylic oxidation sites excluding steroid dienone is 1. The van der Waals surface area contributed by atoms with Crippen LogP contribution in [-0.4, -0.2) is 27.9 Å². The van der Waals surface area contributed by atoms with Gasteiger partial charge in [-0.1, -0.05) is 30.4 Å². The first-order valence-electron chi connectivity index (χ1n) is 10.7. The first kappa shape index (κ1) is 20.3. The molecule has 6 heteroatoms. The number of benzene rings is 2. The van der Waals surface area contributed by atoms with Crippen LogP contribution in [0.4, 0.5) is 17.6 Å². The molecule has 1 N–H and O–H groups in total. The van der Waals surface area contributed by atoms with Crippen molar-refractivity contribution < 1.29 is 17.6 Å². The van der Waals surface area contributed by atoms with Gasteiger partial charge in [0, 0.05) is 47.1 Å². The van der Waals surface area contributed by atoms with Crippen LogP contribution in [0, 0.1) is 11.6 Å². The Morgan fingerprint density at radius 3 is 2.42 bits per heavy atom. The monoisotopic (exact) mass is 428 g/mol.